The zero-order chi connectivity index (χ0) is 4.41. The summed E-state index contributed by atoms with van der Waals surface area (Å²) in [6, 6.07) is 3.85. The molecule has 6 heavy (non-hydrogen) atoms. The van der Waals surface area contributed by atoms with Crippen LogP contribution in [0.2, 0.25) is 0 Å². The van der Waals surface area contributed by atoms with Crippen molar-refractivity contribution in [1.82, 2.24) is 0 Å². The normalized spacial score (nSPS) is 8.50. The molecule has 2 heteroatoms. The first-order valence-corrected chi connectivity index (χ1v) is 2.87. The number of rotatable bonds is 0. The van der Waals surface area contributed by atoms with E-state index in [4.69, 9.17) is 4.42 Å². The molecule has 0 radical (unpaired) electrons. The van der Waals surface area contributed by atoms with Gasteiger partial charge in [0.1, 0.15) is 0 Å². The maximum atomic E-state index is 4.87. The van der Waals surface area contributed by atoms with E-state index in [2.05, 4.69) is 0 Å². The fourth-order valence-electron chi connectivity index (χ4n) is 0.279. The summed E-state index contributed by atoms with van der Waals surface area (Å²) in [4.78, 5) is 0. The average molecular weight is 158 g/mol. The van der Waals surface area contributed by atoms with Crippen LogP contribution in [0.5, 0.6) is 0 Å². The van der Waals surface area contributed by atoms with Crippen LogP contribution in [0.3, 0.4) is 0 Å². The molecule has 0 aliphatic heterocycles. The third kappa shape index (κ3) is 0.812. The molecular formula is C4H3OZr. The summed E-state index contributed by atoms with van der Waals surface area (Å²) in [5.41, 5.74) is 0. The monoisotopic (exact) mass is 157 g/mol. The Bertz CT molecular complexity index is 111. The Kier molecular flexibility index (Phi) is 1.26. The Morgan fingerprint density at radius 3 is 2.67 bits per heavy atom. The van der Waals surface area contributed by atoms with E-state index in [1.807, 2.05) is 12.1 Å². The second kappa shape index (κ2) is 1.74. The second-order valence-corrected chi connectivity index (χ2v) is 2.19. The van der Waals surface area contributed by atoms with E-state index in [9.17, 15) is 0 Å². The summed E-state index contributed by atoms with van der Waals surface area (Å²) >= 11 is 1.34. The van der Waals surface area contributed by atoms with Gasteiger partial charge in [-0.15, -0.1) is 0 Å². The van der Waals surface area contributed by atoms with Gasteiger partial charge in [-0.2, -0.15) is 0 Å². The third-order valence-corrected chi connectivity index (χ3v) is 1.22. The molecule has 0 saturated heterocycles. The van der Waals surface area contributed by atoms with Crippen LogP contribution in [0.25, 0.3) is 0 Å². The zero-order valence-electron chi connectivity index (χ0n) is 3.14. The number of furan rings is 1. The van der Waals surface area contributed by atoms with Gasteiger partial charge in [-0.3, -0.25) is 0 Å². The predicted octanol–water partition coefficient (Wildman–Crippen LogP) is 0.452. The van der Waals surface area contributed by atoms with Crippen LogP contribution >= 0.6 is 0 Å². The first-order chi connectivity index (χ1) is 2.89. The zero-order valence-corrected chi connectivity index (χ0v) is 5.60. The standard InChI is InChI=1S/C4H3O.Zr/c1-2-4-5-3-1;/h1-3H;. The molecule has 0 aliphatic carbocycles. The molecule has 0 fully saturated rings. The molecular weight excluding hydrogens is 155 g/mol. The van der Waals surface area contributed by atoms with Gasteiger partial charge in [0, 0.05) is 0 Å². The Morgan fingerprint density at radius 1 is 1.67 bits per heavy atom. The molecule has 1 aromatic heterocycles. The molecule has 29 valence electrons. The summed E-state index contributed by atoms with van der Waals surface area (Å²) in [6.07, 6.45) is 1.68. The minimum absolute atomic E-state index is 1.06. The summed E-state index contributed by atoms with van der Waals surface area (Å²) < 4.78 is 5.93. The van der Waals surface area contributed by atoms with Crippen LogP contribution in [-0.2, 0) is 24.7 Å². The van der Waals surface area contributed by atoms with Crippen LogP contribution in [0.15, 0.2) is 22.8 Å². The molecule has 1 aromatic rings. The molecule has 0 saturated carbocycles. The Morgan fingerprint density at radius 2 is 2.50 bits per heavy atom. The van der Waals surface area contributed by atoms with E-state index >= 15 is 0 Å². The van der Waals surface area contributed by atoms with Gasteiger partial charge in [0.2, 0.25) is 0 Å². The topological polar surface area (TPSA) is 13.1 Å². The van der Waals surface area contributed by atoms with E-state index in [1.165, 1.54) is 24.7 Å². The molecule has 1 nitrogen and oxygen atoms in total. The number of hydrogen-bond donors (Lipinski definition) is 0. The Balaban J connectivity index is 3.05. The van der Waals surface area contributed by atoms with E-state index in [0.717, 1.165) is 3.47 Å². The van der Waals surface area contributed by atoms with Crippen molar-refractivity contribution in [2.24, 2.45) is 0 Å². The van der Waals surface area contributed by atoms with Crippen molar-refractivity contribution in [3.63, 3.8) is 0 Å². The van der Waals surface area contributed by atoms with Crippen molar-refractivity contribution in [2.75, 3.05) is 0 Å². The van der Waals surface area contributed by atoms with Crippen molar-refractivity contribution in [3.05, 3.63) is 18.4 Å². The van der Waals surface area contributed by atoms with Gasteiger partial charge >= 0.3 is 51.0 Å². The molecule has 1 heterocycles. The predicted molar refractivity (Wildman–Crippen MR) is 18.3 cm³/mol. The third-order valence-electron chi connectivity index (χ3n) is 0.521. The average Bonchev–Trinajstić information content (AvgIpc) is 1.86. The number of hydrogen-bond acceptors (Lipinski definition) is 1. The van der Waals surface area contributed by atoms with Crippen molar-refractivity contribution in [2.45, 2.75) is 0 Å². The van der Waals surface area contributed by atoms with E-state index in [-0.39, 0.29) is 0 Å². The van der Waals surface area contributed by atoms with Crippen molar-refractivity contribution in [3.8, 4) is 0 Å². The van der Waals surface area contributed by atoms with Crippen LogP contribution in [0, 0.1) is 0 Å². The van der Waals surface area contributed by atoms with Gasteiger partial charge in [-0.25, -0.2) is 0 Å². The van der Waals surface area contributed by atoms with Crippen LogP contribution in [0.4, 0.5) is 0 Å². The molecule has 0 spiro atoms. The molecule has 0 N–H and O–H groups in total. The van der Waals surface area contributed by atoms with Gasteiger partial charge in [-0.05, 0) is 0 Å². The molecule has 0 aromatic carbocycles. The van der Waals surface area contributed by atoms with Crippen LogP contribution < -0.4 is 3.47 Å². The maximum absolute atomic E-state index is 4.87. The summed E-state index contributed by atoms with van der Waals surface area (Å²) in [5, 5.41) is 0. The van der Waals surface area contributed by atoms with Crippen molar-refractivity contribution in [1.29, 1.82) is 0 Å². The van der Waals surface area contributed by atoms with Gasteiger partial charge in [0.15, 0.2) is 0 Å². The quantitative estimate of drug-likeness (QED) is 0.534. The molecule has 1 rings (SSSR count). The van der Waals surface area contributed by atoms with E-state index in [0.29, 0.717) is 0 Å². The Hall–Kier alpha value is 0.163. The summed E-state index contributed by atoms with van der Waals surface area (Å²) in [6.45, 7) is 0. The summed E-state index contributed by atoms with van der Waals surface area (Å²) in [5.74, 6) is 0. The van der Waals surface area contributed by atoms with Crippen LogP contribution in [-0.4, -0.2) is 0 Å². The fraction of sp³-hybridized carbons (Fsp3) is 0. The van der Waals surface area contributed by atoms with Gasteiger partial charge in [0.25, 0.3) is 0 Å². The van der Waals surface area contributed by atoms with Gasteiger partial charge in [-0.1, -0.05) is 0 Å². The van der Waals surface area contributed by atoms with Crippen molar-refractivity contribution >= 4 is 3.47 Å². The van der Waals surface area contributed by atoms with Gasteiger partial charge in [0.05, 0.1) is 0 Å². The molecule has 0 atom stereocenters. The molecule has 0 aliphatic rings. The first-order valence-electron chi connectivity index (χ1n) is 1.65. The van der Waals surface area contributed by atoms with Crippen molar-refractivity contribution < 1.29 is 29.1 Å². The first kappa shape index (κ1) is 4.33. The van der Waals surface area contributed by atoms with E-state index < -0.39 is 0 Å². The molecule has 0 unspecified atom stereocenters. The van der Waals surface area contributed by atoms with Gasteiger partial charge < -0.3 is 0 Å². The molecule has 0 bridgehead atoms. The summed E-state index contributed by atoms with van der Waals surface area (Å²) in [7, 11) is 0. The second-order valence-electron chi connectivity index (χ2n) is 0.977. The molecule has 0 amide bonds. The minimum atomic E-state index is 1.06. The fourth-order valence-corrected chi connectivity index (χ4v) is 0.682. The van der Waals surface area contributed by atoms with Crippen LogP contribution in [0.1, 0.15) is 0 Å². The Labute approximate surface area is 51.2 Å². The van der Waals surface area contributed by atoms with E-state index in [1.54, 1.807) is 6.26 Å². The SMILES string of the molecule is [Zr][c]1ccco1.